The predicted octanol–water partition coefficient (Wildman–Crippen LogP) is 1.46. The Hall–Kier alpha value is -1.70. The van der Waals surface area contributed by atoms with Gasteiger partial charge in [-0.3, -0.25) is 14.5 Å². The maximum atomic E-state index is 13.0. The van der Waals surface area contributed by atoms with Gasteiger partial charge in [0.25, 0.3) is 11.5 Å². The van der Waals surface area contributed by atoms with Gasteiger partial charge in [0.15, 0.2) is 0 Å². The number of pyridine rings is 1. The van der Waals surface area contributed by atoms with Gasteiger partial charge in [-0.05, 0) is 63.0 Å². The van der Waals surface area contributed by atoms with Crippen LogP contribution in [0.3, 0.4) is 0 Å². The first-order valence-corrected chi connectivity index (χ1v) is 10.9. The third-order valence-electron chi connectivity index (χ3n) is 7.05. The molecular formula is C22H33N3O4. The van der Waals surface area contributed by atoms with Crippen molar-refractivity contribution in [2.24, 2.45) is 5.41 Å². The summed E-state index contributed by atoms with van der Waals surface area (Å²) in [6.45, 7) is 8.26. The Morgan fingerprint density at radius 2 is 1.93 bits per heavy atom. The summed E-state index contributed by atoms with van der Waals surface area (Å²) >= 11 is 0. The second-order valence-electron chi connectivity index (χ2n) is 9.26. The van der Waals surface area contributed by atoms with Crippen LogP contribution >= 0.6 is 0 Å². The van der Waals surface area contributed by atoms with Gasteiger partial charge in [0.05, 0.1) is 6.10 Å². The van der Waals surface area contributed by atoms with Crippen molar-refractivity contribution < 1.29 is 14.6 Å². The molecule has 2 N–H and O–H groups in total. The molecule has 3 fully saturated rings. The highest BCUT2D eigenvalue weighted by molar-refractivity contribution is 5.95. The fourth-order valence-corrected chi connectivity index (χ4v) is 5.55. The van der Waals surface area contributed by atoms with E-state index in [0.29, 0.717) is 19.1 Å². The van der Waals surface area contributed by atoms with Crippen molar-refractivity contribution in [1.29, 1.82) is 0 Å². The molecule has 7 nitrogen and oxygen atoms in total. The molecule has 7 heteroatoms. The summed E-state index contributed by atoms with van der Waals surface area (Å²) in [6.07, 6.45) is 4.30. The van der Waals surface area contributed by atoms with Crippen LogP contribution in [0, 0.1) is 19.3 Å². The van der Waals surface area contributed by atoms with E-state index in [1.54, 1.807) is 0 Å². The van der Waals surface area contributed by atoms with Crippen LogP contribution < -0.4 is 5.56 Å². The first kappa shape index (κ1) is 20.6. The zero-order valence-electron chi connectivity index (χ0n) is 17.6. The van der Waals surface area contributed by atoms with Crippen LogP contribution in [0.1, 0.15) is 53.7 Å². The number of likely N-dealkylation sites (tertiary alicyclic amines) is 2. The summed E-state index contributed by atoms with van der Waals surface area (Å²) in [7, 11) is 0. The number of aromatic amines is 1. The molecule has 0 aromatic carbocycles. The van der Waals surface area contributed by atoms with Gasteiger partial charge in [-0.25, -0.2) is 0 Å². The van der Waals surface area contributed by atoms with E-state index in [9.17, 15) is 14.7 Å². The van der Waals surface area contributed by atoms with Gasteiger partial charge in [-0.1, -0.05) is 0 Å². The van der Waals surface area contributed by atoms with E-state index in [1.807, 2.05) is 24.8 Å². The molecule has 0 aliphatic carbocycles. The Kier molecular flexibility index (Phi) is 5.82. The molecule has 1 aromatic rings. The minimum Gasteiger partial charge on any atom is -0.392 e. The number of β-amino-alcohol motifs (C(OH)–C–C–N with tert-alkyl or cyclic N) is 1. The molecule has 4 rings (SSSR count). The van der Waals surface area contributed by atoms with E-state index < -0.39 is 0 Å². The Bertz CT molecular complexity index is 807. The van der Waals surface area contributed by atoms with Crippen molar-refractivity contribution in [2.45, 2.75) is 58.1 Å². The number of nitrogens with zero attached hydrogens (tertiary/aromatic N) is 2. The molecule has 3 aliphatic heterocycles. The summed E-state index contributed by atoms with van der Waals surface area (Å²) in [5.74, 6) is -0.170. The number of carbonyl (C=O) groups is 1. The molecule has 1 atom stereocenters. The first-order valence-electron chi connectivity index (χ1n) is 10.9. The summed E-state index contributed by atoms with van der Waals surface area (Å²) in [4.78, 5) is 32.4. The quantitative estimate of drug-likeness (QED) is 0.781. The lowest BCUT2D eigenvalue weighted by molar-refractivity contribution is -0.0695. The minimum atomic E-state index is -0.309. The molecule has 1 amide bonds. The number of hydrogen-bond donors (Lipinski definition) is 2. The molecule has 0 saturated carbocycles. The van der Waals surface area contributed by atoms with Gasteiger partial charge in [0, 0.05) is 51.1 Å². The van der Waals surface area contributed by atoms with Crippen molar-refractivity contribution in [3.63, 3.8) is 0 Å². The molecule has 1 aromatic heterocycles. The standard InChI is InChI=1S/C22H33N3O4/c1-15-11-16(2)23-20(27)19(15)21(28)24-7-5-22(6-8-24)12-18(26)13-25(14-22)17-3-9-29-10-4-17/h11,17-18,26H,3-10,12-14H2,1-2H3,(H,23,27). The van der Waals surface area contributed by atoms with Crippen molar-refractivity contribution in [3.05, 3.63) is 33.2 Å². The third-order valence-corrected chi connectivity index (χ3v) is 7.05. The number of nitrogens with one attached hydrogen (secondary N) is 1. The molecule has 0 bridgehead atoms. The van der Waals surface area contributed by atoms with Crippen LogP contribution in [0.15, 0.2) is 10.9 Å². The van der Waals surface area contributed by atoms with Crippen LogP contribution in [-0.4, -0.2) is 77.3 Å². The van der Waals surface area contributed by atoms with Gasteiger partial charge in [-0.15, -0.1) is 0 Å². The summed E-state index contributed by atoms with van der Waals surface area (Å²) in [6, 6.07) is 2.34. The van der Waals surface area contributed by atoms with Gasteiger partial charge in [-0.2, -0.15) is 0 Å². The van der Waals surface area contributed by atoms with Crippen LogP contribution in [0.2, 0.25) is 0 Å². The fraction of sp³-hybridized carbons (Fsp3) is 0.727. The van der Waals surface area contributed by atoms with Crippen LogP contribution in [0.4, 0.5) is 0 Å². The SMILES string of the molecule is Cc1cc(C)c(C(=O)N2CCC3(CC2)CC(O)CN(C2CCOCC2)C3)c(=O)[nH]1. The maximum Gasteiger partial charge on any atom is 0.261 e. The largest absolute Gasteiger partial charge is 0.392 e. The van der Waals surface area contributed by atoms with Crippen molar-refractivity contribution in [1.82, 2.24) is 14.8 Å². The molecule has 3 aliphatic rings. The number of hydrogen-bond acceptors (Lipinski definition) is 5. The number of rotatable bonds is 2. The van der Waals surface area contributed by atoms with E-state index in [-0.39, 0.29) is 28.5 Å². The third kappa shape index (κ3) is 4.27. The zero-order valence-corrected chi connectivity index (χ0v) is 17.6. The Morgan fingerprint density at radius 1 is 1.24 bits per heavy atom. The number of amides is 1. The fourth-order valence-electron chi connectivity index (χ4n) is 5.55. The van der Waals surface area contributed by atoms with Gasteiger partial charge in [0.2, 0.25) is 0 Å². The lowest BCUT2D eigenvalue weighted by Gasteiger charge is -2.51. The van der Waals surface area contributed by atoms with Gasteiger partial charge < -0.3 is 19.7 Å². The number of aliphatic hydroxyl groups excluding tert-OH is 1. The first-order chi connectivity index (χ1) is 13.9. The molecule has 1 unspecified atom stereocenters. The number of aliphatic hydroxyl groups is 1. The summed E-state index contributed by atoms with van der Waals surface area (Å²) in [5, 5.41) is 10.6. The summed E-state index contributed by atoms with van der Waals surface area (Å²) < 4.78 is 5.50. The number of carbonyl (C=O) groups excluding carboxylic acids is 1. The zero-order chi connectivity index (χ0) is 20.6. The number of piperidine rings is 2. The smallest absolute Gasteiger partial charge is 0.261 e. The highest BCUT2D eigenvalue weighted by atomic mass is 16.5. The molecule has 4 heterocycles. The molecule has 0 radical (unpaired) electrons. The molecular weight excluding hydrogens is 370 g/mol. The number of ether oxygens (including phenoxy) is 1. The van der Waals surface area contributed by atoms with E-state index in [2.05, 4.69) is 9.88 Å². The predicted molar refractivity (Wildman–Crippen MR) is 110 cm³/mol. The maximum absolute atomic E-state index is 13.0. The average molecular weight is 404 g/mol. The van der Waals surface area contributed by atoms with E-state index in [1.165, 1.54) is 0 Å². The van der Waals surface area contributed by atoms with E-state index >= 15 is 0 Å². The number of aromatic nitrogens is 1. The summed E-state index contributed by atoms with van der Waals surface area (Å²) in [5.41, 5.74) is 1.52. The lowest BCUT2D eigenvalue weighted by Crippen LogP contribution is -2.57. The number of aryl methyl sites for hydroxylation is 2. The molecule has 3 saturated heterocycles. The lowest BCUT2D eigenvalue weighted by atomic mass is 9.71. The normalized spacial score (nSPS) is 26.0. The van der Waals surface area contributed by atoms with Gasteiger partial charge >= 0.3 is 0 Å². The van der Waals surface area contributed by atoms with Gasteiger partial charge in [0.1, 0.15) is 5.56 Å². The second kappa shape index (κ2) is 8.20. The van der Waals surface area contributed by atoms with E-state index in [0.717, 1.165) is 69.7 Å². The van der Waals surface area contributed by atoms with Crippen LogP contribution in [0.25, 0.3) is 0 Å². The topological polar surface area (TPSA) is 85.9 Å². The van der Waals surface area contributed by atoms with Crippen molar-refractivity contribution >= 4 is 5.91 Å². The minimum absolute atomic E-state index is 0.0570. The monoisotopic (exact) mass is 403 g/mol. The highest BCUT2D eigenvalue weighted by Gasteiger charge is 2.44. The Balaban J connectivity index is 1.44. The Morgan fingerprint density at radius 3 is 2.59 bits per heavy atom. The molecule has 1 spiro atoms. The van der Waals surface area contributed by atoms with Crippen molar-refractivity contribution in [3.8, 4) is 0 Å². The van der Waals surface area contributed by atoms with Crippen LogP contribution in [-0.2, 0) is 4.74 Å². The number of H-pyrrole nitrogens is 1. The molecule has 160 valence electrons. The molecule has 29 heavy (non-hydrogen) atoms. The average Bonchev–Trinajstić information content (AvgIpc) is 2.68. The van der Waals surface area contributed by atoms with Crippen molar-refractivity contribution in [2.75, 3.05) is 39.4 Å². The second-order valence-corrected chi connectivity index (χ2v) is 9.26. The highest BCUT2D eigenvalue weighted by Crippen LogP contribution is 2.41. The van der Waals surface area contributed by atoms with Crippen LogP contribution in [0.5, 0.6) is 0 Å². The Labute approximate surface area is 172 Å². The van der Waals surface area contributed by atoms with E-state index in [4.69, 9.17) is 4.74 Å².